The smallest absolute Gasteiger partial charge is 0.415 e. The minimum atomic E-state index is 0. The zero-order chi connectivity index (χ0) is 10.5. The van der Waals surface area contributed by atoms with Gasteiger partial charge in [0.1, 0.15) is 0 Å². The second-order valence-electron chi connectivity index (χ2n) is 2.94. The third-order valence-corrected chi connectivity index (χ3v) is 1.60. The monoisotopic (exact) mass is 283 g/mol. The van der Waals surface area contributed by atoms with Crippen molar-refractivity contribution in [1.82, 2.24) is 0 Å². The molecule has 0 aliphatic heterocycles. The summed E-state index contributed by atoms with van der Waals surface area (Å²) >= 11 is 8.26. The SMILES string of the molecule is NC(=S)[S-].[CH2-]CCCCCCCC.[Zn+2]. The maximum atomic E-state index is 4.66. The quantitative estimate of drug-likeness (QED) is 0.266. The third kappa shape index (κ3) is 38.7. The molecule has 0 aliphatic rings. The predicted molar refractivity (Wildman–Crippen MR) is 67.5 cm³/mol. The molecule has 0 radical (unpaired) electrons. The van der Waals surface area contributed by atoms with Crippen molar-refractivity contribution in [3.63, 3.8) is 0 Å². The molecule has 0 aliphatic carbocycles. The molecule has 2 N–H and O–H groups in total. The molecule has 14 heavy (non-hydrogen) atoms. The molecule has 0 spiro atoms. The molecular formula is C10H21NS2Zn. The maximum absolute atomic E-state index is 4.66. The molecule has 1 nitrogen and oxygen atoms in total. The van der Waals surface area contributed by atoms with Crippen LogP contribution in [0.3, 0.4) is 0 Å². The second kappa shape index (κ2) is 19.3. The molecule has 0 heterocycles. The van der Waals surface area contributed by atoms with E-state index >= 15 is 0 Å². The van der Waals surface area contributed by atoms with Crippen molar-refractivity contribution in [1.29, 1.82) is 0 Å². The molecule has 0 saturated heterocycles. The molecule has 0 bridgehead atoms. The van der Waals surface area contributed by atoms with Crippen molar-refractivity contribution in [3.05, 3.63) is 6.92 Å². The molecule has 0 aromatic carbocycles. The van der Waals surface area contributed by atoms with E-state index < -0.39 is 0 Å². The fraction of sp³-hybridized carbons (Fsp3) is 0.800. The summed E-state index contributed by atoms with van der Waals surface area (Å²) in [6, 6.07) is 0. The molecule has 0 unspecified atom stereocenters. The zero-order valence-electron chi connectivity index (χ0n) is 9.26. The number of unbranched alkanes of at least 4 members (excludes halogenated alkanes) is 6. The van der Waals surface area contributed by atoms with Gasteiger partial charge in [0.25, 0.3) is 0 Å². The number of rotatable bonds is 6. The summed E-state index contributed by atoms with van der Waals surface area (Å²) in [6.07, 6.45) is 9.45. The third-order valence-electron chi connectivity index (χ3n) is 1.60. The maximum Gasteiger partial charge on any atom is 2.00 e. The largest absolute Gasteiger partial charge is 2.00 e. The Morgan fingerprint density at radius 3 is 1.93 bits per heavy atom. The molecule has 0 amide bonds. The molecule has 80 valence electrons. The van der Waals surface area contributed by atoms with E-state index in [1.54, 1.807) is 0 Å². The average molecular weight is 285 g/mol. The Labute approximate surface area is 113 Å². The van der Waals surface area contributed by atoms with Gasteiger partial charge in [0.2, 0.25) is 0 Å². The molecular weight excluding hydrogens is 264 g/mol. The van der Waals surface area contributed by atoms with Gasteiger partial charge in [0, 0.05) is 0 Å². The van der Waals surface area contributed by atoms with Crippen molar-refractivity contribution in [2.45, 2.75) is 51.9 Å². The average Bonchev–Trinajstić information content (AvgIpc) is 2.03. The van der Waals surface area contributed by atoms with E-state index in [1.807, 2.05) is 0 Å². The van der Waals surface area contributed by atoms with E-state index in [0.717, 1.165) is 6.42 Å². The Morgan fingerprint density at radius 2 is 1.57 bits per heavy atom. The van der Waals surface area contributed by atoms with Crippen molar-refractivity contribution in [2.24, 2.45) is 5.73 Å². The van der Waals surface area contributed by atoms with Crippen molar-refractivity contribution >= 4 is 29.2 Å². The van der Waals surface area contributed by atoms with Gasteiger partial charge in [0.15, 0.2) is 0 Å². The molecule has 0 atom stereocenters. The van der Waals surface area contributed by atoms with Crippen LogP contribution in [0.15, 0.2) is 0 Å². The van der Waals surface area contributed by atoms with Crippen LogP contribution in [0, 0.1) is 6.92 Å². The van der Waals surface area contributed by atoms with Gasteiger partial charge in [-0.3, -0.25) is 0 Å². The topological polar surface area (TPSA) is 26.0 Å². The molecule has 0 aromatic heterocycles. The minimum absolute atomic E-state index is 0. The summed E-state index contributed by atoms with van der Waals surface area (Å²) in [7, 11) is 0. The van der Waals surface area contributed by atoms with Crippen LogP contribution in [-0.2, 0) is 32.1 Å². The Hall–Kier alpha value is 0.733. The Bertz CT molecular complexity index is 100. The predicted octanol–water partition coefficient (Wildman–Crippen LogP) is 3.35. The van der Waals surface area contributed by atoms with Gasteiger partial charge < -0.3 is 37.5 Å². The first-order valence-electron chi connectivity index (χ1n) is 4.90. The Balaban J connectivity index is -0.000000209. The van der Waals surface area contributed by atoms with E-state index in [-0.39, 0.29) is 23.8 Å². The summed E-state index contributed by atoms with van der Waals surface area (Å²) < 4.78 is 0.0833. The van der Waals surface area contributed by atoms with Gasteiger partial charge >= 0.3 is 19.5 Å². The minimum Gasteiger partial charge on any atom is -0.415 e. The van der Waals surface area contributed by atoms with Crippen molar-refractivity contribution < 1.29 is 19.5 Å². The number of hydrogen-bond donors (Lipinski definition) is 1. The van der Waals surface area contributed by atoms with Crippen LogP contribution in [0.4, 0.5) is 0 Å². The Kier molecular flexibility index (Phi) is 27.9. The number of hydrogen-bond acceptors (Lipinski definition) is 2. The van der Waals surface area contributed by atoms with Crippen LogP contribution < -0.4 is 5.73 Å². The van der Waals surface area contributed by atoms with E-state index in [2.05, 4.69) is 44.4 Å². The fourth-order valence-corrected chi connectivity index (χ4v) is 0.957. The summed E-state index contributed by atoms with van der Waals surface area (Å²) in [6.45, 7) is 6.05. The molecule has 0 rings (SSSR count). The van der Waals surface area contributed by atoms with Gasteiger partial charge in [0.05, 0.1) is 0 Å². The second-order valence-corrected chi connectivity index (χ2v) is 4.08. The molecule has 0 saturated carbocycles. The standard InChI is InChI=1S/C9H19.CH3NS2.Zn/c1-3-5-7-9-8-6-4-2;2-1(3)4;/h1,3-9H2,2H3;(H3,2,3,4);/q-1;;+2/p-1. The van der Waals surface area contributed by atoms with E-state index in [0.29, 0.717) is 0 Å². The van der Waals surface area contributed by atoms with Crippen LogP contribution in [0.25, 0.3) is 0 Å². The van der Waals surface area contributed by atoms with Crippen LogP contribution in [0.1, 0.15) is 51.9 Å². The number of nitrogens with two attached hydrogens (primary N) is 1. The molecule has 0 fully saturated rings. The first-order chi connectivity index (χ1) is 6.15. The van der Waals surface area contributed by atoms with Crippen molar-refractivity contribution in [3.8, 4) is 0 Å². The van der Waals surface area contributed by atoms with Gasteiger partial charge in [-0.05, 0) is 0 Å². The van der Waals surface area contributed by atoms with Crippen LogP contribution in [-0.4, -0.2) is 4.32 Å². The zero-order valence-corrected chi connectivity index (χ0v) is 13.9. The molecule has 4 heteroatoms. The van der Waals surface area contributed by atoms with Crippen LogP contribution in [0.5, 0.6) is 0 Å². The Morgan fingerprint density at radius 1 is 1.21 bits per heavy atom. The van der Waals surface area contributed by atoms with Crippen LogP contribution >= 0.6 is 12.2 Å². The number of thiocarbonyl (C=S) groups is 1. The van der Waals surface area contributed by atoms with Crippen LogP contribution in [0.2, 0.25) is 0 Å². The van der Waals surface area contributed by atoms with Gasteiger partial charge in [-0.25, -0.2) is 0 Å². The van der Waals surface area contributed by atoms with Crippen molar-refractivity contribution in [2.75, 3.05) is 0 Å². The van der Waals surface area contributed by atoms with Gasteiger partial charge in [-0.15, -0.1) is 0 Å². The van der Waals surface area contributed by atoms with E-state index in [4.69, 9.17) is 0 Å². The summed E-state index contributed by atoms with van der Waals surface area (Å²) in [4.78, 5) is 0. The summed E-state index contributed by atoms with van der Waals surface area (Å²) in [5.74, 6) is 0. The summed E-state index contributed by atoms with van der Waals surface area (Å²) in [5, 5.41) is 0. The van der Waals surface area contributed by atoms with E-state index in [9.17, 15) is 0 Å². The molecule has 0 aromatic rings. The van der Waals surface area contributed by atoms with Gasteiger partial charge in [-0.1, -0.05) is 49.8 Å². The fourth-order valence-electron chi connectivity index (χ4n) is 0.957. The van der Waals surface area contributed by atoms with Gasteiger partial charge in [-0.2, -0.15) is 6.42 Å². The first kappa shape index (κ1) is 20.2. The first-order valence-corrected chi connectivity index (χ1v) is 5.72. The summed E-state index contributed by atoms with van der Waals surface area (Å²) in [5.41, 5.74) is 4.66. The normalized spacial score (nSPS) is 8.14. The van der Waals surface area contributed by atoms with E-state index in [1.165, 1.54) is 38.5 Å².